The van der Waals surface area contributed by atoms with Gasteiger partial charge in [0.15, 0.2) is 0 Å². The van der Waals surface area contributed by atoms with E-state index in [1.54, 1.807) is 0 Å². The molecular weight excluding hydrogens is 282 g/mol. The largest absolute Gasteiger partial charge is 0.491 e. The molecule has 4 heteroatoms. The molecule has 0 atom stereocenters. The van der Waals surface area contributed by atoms with E-state index in [-0.39, 0.29) is 6.61 Å². The number of rotatable bonds is 7. The molecule has 0 aliphatic heterocycles. The number of nitrogens with one attached hydrogen (secondary N) is 1. The SMILES string of the molecule is CC(C)CNCc1cc(OCCO)ccc1Br. The lowest BCUT2D eigenvalue weighted by atomic mass is 10.2. The molecule has 0 heterocycles. The van der Waals surface area contributed by atoms with Gasteiger partial charge < -0.3 is 15.2 Å². The summed E-state index contributed by atoms with van der Waals surface area (Å²) in [6.07, 6.45) is 0. The lowest BCUT2D eigenvalue weighted by molar-refractivity contribution is 0.201. The van der Waals surface area contributed by atoms with Gasteiger partial charge in [-0.3, -0.25) is 0 Å². The van der Waals surface area contributed by atoms with Gasteiger partial charge in [-0.2, -0.15) is 0 Å². The Labute approximate surface area is 111 Å². The lowest BCUT2D eigenvalue weighted by Crippen LogP contribution is -2.19. The van der Waals surface area contributed by atoms with Crippen LogP contribution in [0.25, 0.3) is 0 Å². The number of ether oxygens (including phenoxy) is 1. The van der Waals surface area contributed by atoms with Gasteiger partial charge in [-0.05, 0) is 36.2 Å². The van der Waals surface area contributed by atoms with Gasteiger partial charge in [0.1, 0.15) is 12.4 Å². The summed E-state index contributed by atoms with van der Waals surface area (Å²) < 4.78 is 6.45. The average Bonchev–Trinajstić information content (AvgIpc) is 2.29. The normalized spacial score (nSPS) is 10.9. The van der Waals surface area contributed by atoms with Crippen molar-refractivity contribution in [2.24, 2.45) is 5.92 Å². The van der Waals surface area contributed by atoms with Gasteiger partial charge in [-0.1, -0.05) is 29.8 Å². The van der Waals surface area contributed by atoms with Crippen LogP contribution in [0, 0.1) is 5.92 Å². The molecule has 0 aromatic heterocycles. The first kappa shape index (κ1) is 14.5. The average molecular weight is 302 g/mol. The van der Waals surface area contributed by atoms with Crippen LogP contribution in [0.15, 0.2) is 22.7 Å². The summed E-state index contributed by atoms with van der Waals surface area (Å²) in [6.45, 7) is 6.55. The highest BCUT2D eigenvalue weighted by Gasteiger charge is 2.03. The maximum absolute atomic E-state index is 8.71. The number of halogens is 1. The Hall–Kier alpha value is -0.580. The predicted octanol–water partition coefficient (Wildman–Crippen LogP) is 2.57. The molecule has 0 unspecified atom stereocenters. The Kier molecular flexibility index (Phi) is 6.55. The summed E-state index contributed by atoms with van der Waals surface area (Å²) in [4.78, 5) is 0. The highest BCUT2D eigenvalue weighted by molar-refractivity contribution is 9.10. The molecule has 0 saturated heterocycles. The number of aliphatic hydroxyl groups excluding tert-OH is 1. The second-order valence-electron chi connectivity index (χ2n) is 4.35. The third-order valence-electron chi connectivity index (χ3n) is 2.25. The summed E-state index contributed by atoms with van der Waals surface area (Å²) in [6, 6.07) is 5.86. The fraction of sp³-hybridized carbons (Fsp3) is 0.538. The van der Waals surface area contributed by atoms with Gasteiger partial charge in [-0.25, -0.2) is 0 Å². The van der Waals surface area contributed by atoms with Gasteiger partial charge in [0.25, 0.3) is 0 Å². The molecule has 0 saturated carbocycles. The molecule has 17 heavy (non-hydrogen) atoms. The molecule has 0 bridgehead atoms. The van der Waals surface area contributed by atoms with Crippen molar-refractivity contribution in [3.05, 3.63) is 28.2 Å². The second kappa shape index (κ2) is 7.69. The molecule has 1 aromatic carbocycles. The number of aliphatic hydroxyl groups is 1. The van der Waals surface area contributed by atoms with Crippen LogP contribution in [0.1, 0.15) is 19.4 Å². The van der Waals surface area contributed by atoms with Crippen LogP contribution in [0.2, 0.25) is 0 Å². The zero-order valence-electron chi connectivity index (χ0n) is 10.4. The van der Waals surface area contributed by atoms with Crippen molar-refractivity contribution in [1.82, 2.24) is 5.32 Å². The van der Waals surface area contributed by atoms with Crippen molar-refractivity contribution in [3.63, 3.8) is 0 Å². The predicted molar refractivity (Wildman–Crippen MR) is 73.3 cm³/mol. The fourth-order valence-electron chi connectivity index (χ4n) is 1.44. The van der Waals surface area contributed by atoms with Crippen molar-refractivity contribution >= 4 is 15.9 Å². The van der Waals surface area contributed by atoms with E-state index < -0.39 is 0 Å². The second-order valence-corrected chi connectivity index (χ2v) is 5.20. The molecule has 0 radical (unpaired) electrons. The molecule has 2 N–H and O–H groups in total. The standard InChI is InChI=1S/C13H20BrNO2/c1-10(2)8-15-9-11-7-12(17-6-5-16)3-4-13(11)14/h3-4,7,10,15-16H,5-6,8-9H2,1-2H3. The van der Waals surface area contributed by atoms with Gasteiger partial charge in [-0.15, -0.1) is 0 Å². The van der Waals surface area contributed by atoms with Gasteiger partial charge in [0, 0.05) is 11.0 Å². The first-order valence-electron chi connectivity index (χ1n) is 5.86. The minimum Gasteiger partial charge on any atom is -0.491 e. The lowest BCUT2D eigenvalue weighted by Gasteiger charge is -2.11. The number of hydrogen-bond donors (Lipinski definition) is 2. The summed E-state index contributed by atoms with van der Waals surface area (Å²) in [5.74, 6) is 1.44. The Bertz CT molecular complexity index is 342. The number of benzene rings is 1. The van der Waals surface area contributed by atoms with E-state index in [1.807, 2.05) is 18.2 Å². The van der Waals surface area contributed by atoms with Crippen molar-refractivity contribution in [2.45, 2.75) is 20.4 Å². The van der Waals surface area contributed by atoms with E-state index >= 15 is 0 Å². The van der Waals surface area contributed by atoms with Crippen molar-refractivity contribution in [3.8, 4) is 5.75 Å². The molecular formula is C13H20BrNO2. The van der Waals surface area contributed by atoms with Crippen molar-refractivity contribution < 1.29 is 9.84 Å². The van der Waals surface area contributed by atoms with E-state index in [1.165, 1.54) is 5.56 Å². The van der Waals surface area contributed by atoms with Crippen LogP contribution in [0.3, 0.4) is 0 Å². The molecule has 3 nitrogen and oxygen atoms in total. The van der Waals surface area contributed by atoms with Crippen LogP contribution in [0.5, 0.6) is 5.75 Å². The van der Waals surface area contributed by atoms with E-state index in [4.69, 9.17) is 9.84 Å². The molecule has 1 rings (SSSR count). The maximum atomic E-state index is 8.71. The minimum absolute atomic E-state index is 0.0387. The third-order valence-corrected chi connectivity index (χ3v) is 3.02. The van der Waals surface area contributed by atoms with Crippen LogP contribution >= 0.6 is 15.9 Å². The van der Waals surface area contributed by atoms with Crippen LogP contribution in [0.4, 0.5) is 0 Å². The van der Waals surface area contributed by atoms with Gasteiger partial charge in [0.05, 0.1) is 6.61 Å². The van der Waals surface area contributed by atoms with E-state index in [0.717, 1.165) is 23.3 Å². The minimum atomic E-state index is 0.0387. The summed E-state index contributed by atoms with van der Waals surface area (Å²) in [5, 5.41) is 12.1. The third kappa shape index (κ3) is 5.52. The van der Waals surface area contributed by atoms with E-state index in [0.29, 0.717) is 12.5 Å². The Morgan fingerprint density at radius 2 is 2.18 bits per heavy atom. The summed E-state index contributed by atoms with van der Waals surface area (Å²) >= 11 is 3.52. The Balaban J connectivity index is 2.56. The summed E-state index contributed by atoms with van der Waals surface area (Å²) in [5.41, 5.74) is 1.17. The molecule has 0 aliphatic carbocycles. The molecule has 0 aliphatic rings. The van der Waals surface area contributed by atoms with Gasteiger partial charge in [0.2, 0.25) is 0 Å². The number of hydrogen-bond acceptors (Lipinski definition) is 3. The highest BCUT2D eigenvalue weighted by Crippen LogP contribution is 2.22. The monoisotopic (exact) mass is 301 g/mol. The zero-order valence-corrected chi connectivity index (χ0v) is 12.0. The smallest absolute Gasteiger partial charge is 0.119 e. The first-order chi connectivity index (χ1) is 8.13. The Morgan fingerprint density at radius 1 is 1.41 bits per heavy atom. The van der Waals surface area contributed by atoms with E-state index in [9.17, 15) is 0 Å². The van der Waals surface area contributed by atoms with Gasteiger partial charge >= 0.3 is 0 Å². The van der Waals surface area contributed by atoms with Crippen molar-refractivity contribution in [2.75, 3.05) is 19.8 Å². The first-order valence-corrected chi connectivity index (χ1v) is 6.65. The summed E-state index contributed by atoms with van der Waals surface area (Å²) in [7, 11) is 0. The molecule has 0 spiro atoms. The highest BCUT2D eigenvalue weighted by atomic mass is 79.9. The van der Waals surface area contributed by atoms with E-state index in [2.05, 4.69) is 35.1 Å². The van der Waals surface area contributed by atoms with Crippen LogP contribution in [-0.4, -0.2) is 24.9 Å². The molecule has 0 amide bonds. The zero-order chi connectivity index (χ0) is 12.7. The Morgan fingerprint density at radius 3 is 2.82 bits per heavy atom. The molecule has 1 aromatic rings. The van der Waals surface area contributed by atoms with Crippen LogP contribution in [-0.2, 0) is 6.54 Å². The maximum Gasteiger partial charge on any atom is 0.119 e. The van der Waals surface area contributed by atoms with Crippen LogP contribution < -0.4 is 10.1 Å². The fourth-order valence-corrected chi connectivity index (χ4v) is 1.82. The van der Waals surface area contributed by atoms with Crippen molar-refractivity contribution in [1.29, 1.82) is 0 Å². The topological polar surface area (TPSA) is 41.5 Å². The molecule has 0 fully saturated rings. The quantitative estimate of drug-likeness (QED) is 0.813. The molecule has 96 valence electrons.